The quantitative estimate of drug-likeness (QED) is 0.628. The summed E-state index contributed by atoms with van der Waals surface area (Å²) in [5.41, 5.74) is 6.66. The fourth-order valence-electron chi connectivity index (χ4n) is 4.26. The highest BCUT2D eigenvalue weighted by atomic mass is 14.8. The van der Waals surface area contributed by atoms with Gasteiger partial charge >= 0.3 is 0 Å². The number of hydrogen-bond donors (Lipinski definition) is 1. The number of nitrogens with one attached hydrogen (secondary N) is 1. The molecule has 2 unspecified atom stereocenters. The van der Waals surface area contributed by atoms with Crippen LogP contribution in [0.1, 0.15) is 42.2 Å². The Morgan fingerprint density at radius 1 is 0.864 bits per heavy atom. The lowest BCUT2D eigenvalue weighted by atomic mass is 9.74. The van der Waals surface area contributed by atoms with E-state index in [0.29, 0.717) is 11.8 Å². The first kappa shape index (κ1) is 12.2. The summed E-state index contributed by atoms with van der Waals surface area (Å²) >= 11 is 0. The molecule has 5 rings (SSSR count). The number of aliphatic imine (C=N–C) groups is 1. The molecule has 2 atom stereocenters. The first-order valence-electron chi connectivity index (χ1n) is 8.15. The van der Waals surface area contributed by atoms with Crippen LogP contribution < -0.4 is 0 Å². The molecule has 1 aliphatic carbocycles. The predicted molar refractivity (Wildman–Crippen MR) is 91.2 cm³/mol. The minimum Gasteiger partial charge on any atom is -0.361 e. The number of fused-ring (bicyclic) bond motifs is 4. The van der Waals surface area contributed by atoms with E-state index < -0.39 is 0 Å². The number of benzene rings is 2. The van der Waals surface area contributed by atoms with Gasteiger partial charge < -0.3 is 4.98 Å². The summed E-state index contributed by atoms with van der Waals surface area (Å²) in [5.74, 6) is 0.992. The van der Waals surface area contributed by atoms with E-state index in [4.69, 9.17) is 4.99 Å². The number of H-pyrrole nitrogens is 1. The van der Waals surface area contributed by atoms with Crippen LogP contribution in [-0.4, -0.2) is 10.7 Å². The first-order valence-corrected chi connectivity index (χ1v) is 8.15. The molecule has 2 heteroatoms. The number of rotatable bonds is 1. The van der Waals surface area contributed by atoms with Gasteiger partial charge in [0.2, 0.25) is 0 Å². The summed E-state index contributed by atoms with van der Waals surface area (Å²) in [5, 5.41) is 1.35. The molecular weight excluding hydrogens is 268 g/mol. The molecule has 3 aromatic rings. The molecular formula is C20H18N2. The van der Waals surface area contributed by atoms with Gasteiger partial charge in [-0.3, -0.25) is 4.99 Å². The number of para-hydroxylation sites is 2. The number of hydrogen-bond acceptors (Lipinski definition) is 1. The fourth-order valence-corrected chi connectivity index (χ4v) is 4.26. The van der Waals surface area contributed by atoms with E-state index in [1.165, 1.54) is 52.7 Å². The standard InChI is InChI=1S/C20H18N2/c1-3-10-18-14(7-1)17(12-21-18)16-9-5-8-15-13-6-2-4-11-19(13)22-20(15)16/h1-4,6-7,10-12,15-16,21H,5,8-9H2. The van der Waals surface area contributed by atoms with Crippen LogP contribution in [0.15, 0.2) is 59.7 Å². The van der Waals surface area contributed by atoms with E-state index in [1.54, 1.807) is 0 Å². The van der Waals surface area contributed by atoms with Crippen molar-refractivity contribution in [2.75, 3.05) is 0 Å². The van der Waals surface area contributed by atoms with Crippen LogP contribution in [0.4, 0.5) is 5.69 Å². The van der Waals surface area contributed by atoms with E-state index >= 15 is 0 Å². The lowest BCUT2D eigenvalue weighted by Crippen LogP contribution is -2.22. The zero-order valence-corrected chi connectivity index (χ0v) is 12.4. The topological polar surface area (TPSA) is 28.1 Å². The largest absolute Gasteiger partial charge is 0.361 e. The highest BCUT2D eigenvalue weighted by molar-refractivity contribution is 6.05. The second-order valence-corrected chi connectivity index (χ2v) is 6.42. The summed E-state index contributed by atoms with van der Waals surface area (Å²) in [4.78, 5) is 8.45. The Bertz CT molecular complexity index is 887. The second-order valence-electron chi connectivity index (χ2n) is 6.42. The third-order valence-corrected chi connectivity index (χ3v) is 5.26. The van der Waals surface area contributed by atoms with Crippen LogP contribution >= 0.6 is 0 Å². The Balaban J connectivity index is 1.65. The zero-order chi connectivity index (χ0) is 14.5. The molecule has 2 aliphatic rings. The molecule has 1 aliphatic heterocycles. The summed E-state index contributed by atoms with van der Waals surface area (Å²) in [6.45, 7) is 0. The molecule has 0 spiro atoms. The SMILES string of the molecule is c1ccc2c(c1)N=C1C2CCCC1c1c[nH]c2ccccc12. The van der Waals surface area contributed by atoms with E-state index in [1.807, 2.05) is 0 Å². The van der Waals surface area contributed by atoms with Crippen LogP contribution in [0, 0.1) is 0 Å². The van der Waals surface area contributed by atoms with E-state index in [0.717, 1.165) is 0 Å². The monoisotopic (exact) mass is 286 g/mol. The molecule has 108 valence electrons. The average molecular weight is 286 g/mol. The molecule has 22 heavy (non-hydrogen) atoms. The van der Waals surface area contributed by atoms with Crippen LogP contribution in [-0.2, 0) is 0 Å². The van der Waals surface area contributed by atoms with Crippen molar-refractivity contribution in [1.29, 1.82) is 0 Å². The van der Waals surface area contributed by atoms with Gasteiger partial charge in [-0.2, -0.15) is 0 Å². The highest BCUT2D eigenvalue weighted by Gasteiger charge is 2.36. The summed E-state index contributed by atoms with van der Waals surface area (Å²) < 4.78 is 0. The van der Waals surface area contributed by atoms with Gasteiger partial charge in [0.15, 0.2) is 0 Å². The van der Waals surface area contributed by atoms with Crippen molar-refractivity contribution in [2.45, 2.75) is 31.1 Å². The molecule has 2 nitrogen and oxygen atoms in total. The highest BCUT2D eigenvalue weighted by Crippen LogP contribution is 2.48. The second kappa shape index (κ2) is 4.57. The first-order chi connectivity index (χ1) is 10.9. The maximum Gasteiger partial charge on any atom is 0.0668 e. The maximum absolute atomic E-state index is 5.02. The molecule has 0 saturated heterocycles. The van der Waals surface area contributed by atoms with Crippen molar-refractivity contribution >= 4 is 22.3 Å². The molecule has 0 amide bonds. The Kier molecular flexibility index (Phi) is 2.54. The van der Waals surface area contributed by atoms with Crippen molar-refractivity contribution in [1.82, 2.24) is 4.98 Å². The molecule has 1 aromatic heterocycles. The molecule has 1 fully saturated rings. The summed E-state index contributed by atoms with van der Waals surface area (Å²) in [7, 11) is 0. The minimum atomic E-state index is 0.460. The Morgan fingerprint density at radius 3 is 2.59 bits per heavy atom. The van der Waals surface area contributed by atoms with Gasteiger partial charge in [-0.1, -0.05) is 42.8 Å². The zero-order valence-electron chi connectivity index (χ0n) is 12.4. The Hall–Kier alpha value is -2.35. The molecule has 1 N–H and O–H groups in total. The third-order valence-electron chi connectivity index (χ3n) is 5.26. The van der Waals surface area contributed by atoms with E-state index in [9.17, 15) is 0 Å². The smallest absolute Gasteiger partial charge is 0.0668 e. The van der Waals surface area contributed by atoms with Gasteiger partial charge in [0.05, 0.1) is 5.69 Å². The van der Waals surface area contributed by atoms with Crippen LogP contribution in [0.5, 0.6) is 0 Å². The molecule has 1 saturated carbocycles. The van der Waals surface area contributed by atoms with Gasteiger partial charge in [-0.05, 0) is 36.1 Å². The van der Waals surface area contributed by atoms with Gasteiger partial charge in [-0.15, -0.1) is 0 Å². The Morgan fingerprint density at radius 2 is 1.64 bits per heavy atom. The fraction of sp³-hybridized carbons (Fsp3) is 0.250. The maximum atomic E-state index is 5.02. The molecule has 2 aromatic carbocycles. The lowest BCUT2D eigenvalue weighted by molar-refractivity contribution is 0.579. The van der Waals surface area contributed by atoms with Crippen molar-refractivity contribution in [3.05, 3.63) is 65.9 Å². The van der Waals surface area contributed by atoms with Gasteiger partial charge in [0, 0.05) is 34.6 Å². The molecule has 0 radical (unpaired) electrons. The van der Waals surface area contributed by atoms with Crippen molar-refractivity contribution < 1.29 is 0 Å². The summed E-state index contributed by atoms with van der Waals surface area (Å²) in [6, 6.07) is 17.3. The van der Waals surface area contributed by atoms with Crippen molar-refractivity contribution in [3.63, 3.8) is 0 Å². The molecule has 0 bridgehead atoms. The number of nitrogens with zero attached hydrogens (tertiary/aromatic N) is 1. The summed E-state index contributed by atoms with van der Waals surface area (Å²) in [6.07, 6.45) is 5.94. The van der Waals surface area contributed by atoms with E-state index in [2.05, 4.69) is 59.7 Å². The number of aromatic amines is 1. The van der Waals surface area contributed by atoms with Gasteiger partial charge in [-0.25, -0.2) is 0 Å². The predicted octanol–water partition coefficient (Wildman–Crippen LogP) is 5.31. The average Bonchev–Trinajstić information content (AvgIpc) is 3.16. The third kappa shape index (κ3) is 1.64. The van der Waals surface area contributed by atoms with Gasteiger partial charge in [0.1, 0.15) is 0 Å². The number of aromatic nitrogens is 1. The van der Waals surface area contributed by atoms with E-state index in [-0.39, 0.29) is 0 Å². The normalized spacial score (nSPS) is 23.2. The minimum absolute atomic E-state index is 0.460. The Labute approximate surface area is 129 Å². The molecule has 2 heterocycles. The van der Waals surface area contributed by atoms with Crippen LogP contribution in [0.25, 0.3) is 10.9 Å². The van der Waals surface area contributed by atoms with Crippen molar-refractivity contribution in [3.8, 4) is 0 Å². The van der Waals surface area contributed by atoms with Crippen molar-refractivity contribution in [2.24, 2.45) is 4.99 Å². The lowest BCUT2D eigenvalue weighted by Gasteiger charge is -2.28. The van der Waals surface area contributed by atoms with Gasteiger partial charge in [0.25, 0.3) is 0 Å². The van der Waals surface area contributed by atoms with Crippen LogP contribution in [0.3, 0.4) is 0 Å². The van der Waals surface area contributed by atoms with Crippen LogP contribution in [0.2, 0.25) is 0 Å².